The van der Waals surface area contributed by atoms with Gasteiger partial charge in [-0.1, -0.05) is 23.2 Å². The maximum absolute atomic E-state index is 13.1. The normalized spacial score (nSPS) is 10.9. The summed E-state index contributed by atoms with van der Waals surface area (Å²) < 4.78 is 13.7. The molecule has 0 aliphatic carbocycles. The van der Waals surface area contributed by atoms with Gasteiger partial charge in [-0.25, -0.2) is 4.39 Å². The van der Waals surface area contributed by atoms with E-state index >= 15 is 0 Å². The molecule has 0 saturated carbocycles. The summed E-state index contributed by atoms with van der Waals surface area (Å²) in [6, 6.07) is 2.95. The van der Waals surface area contributed by atoms with Gasteiger partial charge in [0.1, 0.15) is 5.82 Å². The number of hydrogen-bond donors (Lipinski definition) is 0. The zero-order valence-electron chi connectivity index (χ0n) is 5.77. The highest BCUT2D eigenvalue weighted by Crippen LogP contribution is 2.33. The first-order valence-corrected chi connectivity index (χ1v) is 4.84. The molecule has 0 nitrogen and oxygen atoms in total. The third-order valence-electron chi connectivity index (χ3n) is 1.55. The number of halogens is 3. The molecule has 0 unspecified atom stereocenters. The standard InChI is InChI=1S/C8H3Cl2FS/c9-4-1-5-6(10)3-12-8(5)7(11)2-4/h1-3H. The van der Waals surface area contributed by atoms with Crippen molar-refractivity contribution in [1.82, 2.24) is 0 Å². The lowest BCUT2D eigenvalue weighted by atomic mass is 10.2. The van der Waals surface area contributed by atoms with E-state index in [4.69, 9.17) is 23.2 Å². The molecular weight excluding hydrogens is 218 g/mol. The Balaban J connectivity index is 2.92. The van der Waals surface area contributed by atoms with Gasteiger partial charge in [-0.2, -0.15) is 0 Å². The van der Waals surface area contributed by atoms with Crippen LogP contribution in [0, 0.1) is 5.82 Å². The molecule has 0 aliphatic heterocycles. The topological polar surface area (TPSA) is 0 Å². The maximum atomic E-state index is 13.1. The minimum Gasteiger partial charge on any atom is -0.205 e. The Morgan fingerprint density at radius 2 is 2.00 bits per heavy atom. The number of fused-ring (bicyclic) bond motifs is 1. The molecule has 1 aromatic carbocycles. The van der Waals surface area contributed by atoms with E-state index in [2.05, 4.69) is 0 Å². The number of benzene rings is 1. The Morgan fingerprint density at radius 1 is 1.25 bits per heavy atom. The minimum atomic E-state index is -0.311. The maximum Gasteiger partial charge on any atom is 0.142 e. The van der Waals surface area contributed by atoms with Gasteiger partial charge in [0.25, 0.3) is 0 Å². The minimum absolute atomic E-state index is 0.311. The fourth-order valence-electron chi connectivity index (χ4n) is 1.03. The largest absolute Gasteiger partial charge is 0.205 e. The third kappa shape index (κ3) is 1.20. The molecule has 0 radical (unpaired) electrons. The van der Waals surface area contributed by atoms with Crippen LogP contribution in [0.25, 0.3) is 10.1 Å². The van der Waals surface area contributed by atoms with Crippen molar-refractivity contribution in [3.05, 3.63) is 33.4 Å². The van der Waals surface area contributed by atoms with Crippen molar-refractivity contribution < 1.29 is 4.39 Å². The average Bonchev–Trinajstić information content (AvgIpc) is 2.33. The van der Waals surface area contributed by atoms with Gasteiger partial charge >= 0.3 is 0 Å². The van der Waals surface area contributed by atoms with E-state index in [1.165, 1.54) is 17.4 Å². The molecule has 12 heavy (non-hydrogen) atoms. The lowest BCUT2D eigenvalue weighted by molar-refractivity contribution is 0.642. The Labute approximate surface area is 82.5 Å². The zero-order chi connectivity index (χ0) is 8.72. The highest BCUT2D eigenvalue weighted by atomic mass is 35.5. The molecule has 2 aromatic rings. The van der Waals surface area contributed by atoms with Crippen molar-refractivity contribution in [3.8, 4) is 0 Å². The molecule has 4 heteroatoms. The predicted octanol–water partition coefficient (Wildman–Crippen LogP) is 4.35. The fraction of sp³-hybridized carbons (Fsp3) is 0. The van der Waals surface area contributed by atoms with E-state index in [0.29, 0.717) is 20.1 Å². The third-order valence-corrected chi connectivity index (χ3v) is 3.21. The van der Waals surface area contributed by atoms with Gasteiger partial charge in [0, 0.05) is 15.8 Å². The number of thiophene rings is 1. The van der Waals surface area contributed by atoms with Crippen LogP contribution in [0.3, 0.4) is 0 Å². The SMILES string of the molecule is Fc1cc(Cl)cc2c(Cl)csc12. The Morgan fingerprint density at radius 3 is 2.75 bits per heavy atom. The summed E-state index contributed by atoms with van der Waals surface area (Å²) in [5, 5.41) is 3.31. The summed E-state index contributed by atoms with van der Waals surface area (Å²) >= 11 is 12.7. The van der Waals surface area contributed by atoms with E-state index < -0.39 is 0 Å². The van der Waals surface area contributed by atoms with Crippen LogP contribution in [-0.4, -0.2) is 0 Å². The van der Waals surface area contributed by atoms with Crippen molar-refractivity contribution >= 4 is 44.6 Å². The van der Waals surface area contributed by atoms with Crippen molar-refractivity contribution in [2.24, 2.45) is 0 Å². The molecule has 0 amide bonds. The van der Waals surface area contributed by atoms with E-state index in [0.717, 1.165) is 0 Å². The van der Waals surface area contributed by atoms with Crippen LogP contribution in [0.5, 0.6) is 0 Å². The molecule has 1 heterocycles. The van der Waals surface area contributed by atoms with Gasteiger partial charge in [-0.05, 0) is 12.1 Å². The summed E-state index contributed by atoms with van der Waals surface area (Å²) in [6.07, 6.45) is 0. The van der Waals surface area contributed by atoms with Crippen molar-refractivity contribution in [1.29, 1.82) is 0 Å². The van der Waals surface area contributed by atoms with Crippen molar-refractivity contribution in [3.63, 3.8) is 0 Å². The lowest BCUT2D eigenvalue weighted by Crippen LogP contribution is -1.73. The Kier molecular flexibility index (Phi) is 1.99. The van der Waals surface area contributed by atoms with Gasteiger partial charge < -0.3 is 0 Å². The summed E-state index contributed by atoms with van der Waals surface area (Å²) in [5.41, 5.74) is 0. The zero-order valence-corrected chi connectivity index (χ0v) is 8.10. The predicted molar refractivity (Wildman–Crippen MR) is 51.8 cm³/mol. The first-order chi connectivity index (χ1) is 5.68. The van der Waals surface area contributed by atoms with Gasteiger partial charge in [0.15, 0.2) is 0 Å². The summed E-state index contributed by atoms with van der Waals surface area (Å²) in [4.78, 5) is 0. The van der Waals surface area contributed by atoms with Gasteiger partial charge in [-0.15, -0.1) is 11.3 Å². The van der Waals surface area contributed by atoms with Crippen molar-refractivity contribution in [2.45, 2.75) is 0 Å². The van der Waals surface area contributed by atoms with Crippen LogP contribution in [0.2, 0.25) is 10.0 Å². The van der Waals surface area contributed by atoms with Crippen LogP contribution < -0.4 is 0 Å². The molecule has 0 spiro atoms. The Hall–Kier alpha value is -0.310. The summed E-state index contributed by atoms with van der Waals surface area (Å²) in [6.45, 7) is 0. The summed E-state index contributed by atoms with van der Waals surface area (Å²) in [5.74, 6) is -0.311. The highest BCUT2D eigenvalue weighted by Gasteiger charge is 2.07. The highest BCUT2D eigenvalue weighted by molar-refractivity contribution is 7.17. The quantitative estimate of drug-likeness (QED) is 0.620. The van der Waals surface area contributed by atoms with E-state index in [1.807, 2.05) is 0 Å². The molecular formula is C8H3Cl2FS. The Bertz CT molecular complexity index is 436. The molecule has 1 aromatic heterocycles. The van der Waals surface area contributed by atoms with Crippen LogP contribution in [0.15, 0.2) is 17.5 Å². The van der Waals surface area contributed by atoms with Crippen LogP contribution in [0.4, 0.5) is 4.39 Å². The monoisotopic (exact) mass is 220 g/mol. The molecule has 0 fully saturated rings. The fourth-order valence-corrected chi connectivity index (χ4v) is 2.39. The second-order valence-electron chi connectivity index (χ2n) is 2.35. The molecule has 0 bridgehead atoms. The van der Waals surface area contributed by atoms with Gasteiger partial charge in [0.2, 0.25) is 0 Å². The van der Waals surface area contributed by atoms with E-state index in [1.54, 1.807) is 11.4 Å². The van der Waals surface area contributed by atoms with Crippen molar-refractivity contribution in [2.75, 3.05) is 0 Å². The van der Waals surface area contributed by atoms with Crippen LogP contribution >= 0.6 is 34.5 Å². The lowest BCUT2D eigenvalue weighted by Gasteiger charge is -1.93. The summed E-state index contributed by atoms with van der Waals surface area (Å²) in [7, 11) is 0. The van der Waals surface area contributed by atoms with E-state index in [9.17, 15) is 4.39 Å². The molecule has 0 N–H and O–H groups in total. The molecule has 62 valence electrons. The molecule has 2 rings (SSSR count). The van der Waals surface area contributed by atoms with Crippen LogP contribution in [-0.2, 0) is 0 Å². The molecule has 0 atom stereocenters. The first-order valence-electron chi connectivity index (χ1n) is 3.20. The van der Waals surface area contributed by atoms with Crippen LogP contribution in [0.1, 0.15) is 0 Å². The molecule has 0 saturated heterocycles. The van der Waals surface area contributed by atoms with Gasteiger partial charge in [0.05, 0.1) is 9.72 Å². The first kappa shape index (κ1) is 8.30. The van der Waals surface area contributed by atoms with Gasteiger partial charge in [-0.3, -0.25) is 0 Å². The molecule has 0 aliphatic rings. The number of rotatable bonds is 0. The number of hydrogen-bond acceptors (Lipinski definition) is 1. The average molecular weight is 221 g/mol. The van der Waals surface area contributed by atoms with E-state index in [-0.39, 0.29) is 5.82 Å². The smallest absolute Gasteiger partial charge is 0.142 e. The second kappa shape index (κ2) is 2.87. The second-order valence-corrected chi connectivity index (χ2v) is 4.07.